The number of benzene rings is 3. The van der Waals surface area contributed by atoms with E-state index < -0.39 is 0 Å². The van der Waals surface area contributed by atoms with Gasteiger partial charge in [0.15, 0.2) is 0 Å². The summed E-state index contributed by atoms with van der Waals surface area (Å²) in [5, 5.41) is 0. The summed E-state index contributed by atoms with van der Waals surface area (Å²) in [6, 6.07) is 26.1. The number of nitrogens with zero attached hydrogens (tertiary/aromatic N) is 1. The van der Waals surface area contributed by atoms with E-state index in [1.165, 1.54) is 33.8 Å². The summed E-state index contributed by atoms with van der Waals surface area (Å²) in [5.41, 5.74) is 8.17. The van der Waals surface area contributed by atoms with E-state index in [0.29, 0.717) is 0 Å². The molecule has 3 aromatic rings. The lowest BCUT2D eigenvalue weighted by molar-refractivity contribution is 1.02. The highest BCUT2D eigenvalue weighted by Gasteiger charge is 2.24. The maximum Gasteiger partial charge on any atom is 0.0499 e. The van der Waals surface area contributed by atoms with Crippen molar-refractivity contribution in [2.24, 2.45) is 0 Å². The van der Waals surface area contributed by atoms with Crippen molar-refractivity contribution in [2.45, 2.75) is 19.8 Å². The summed E-state index contributed by atoms with van der Waals surface area (Å²) in [5.74, 6) is 0. The lowest BCUT2D eigenvalue weighted by Crippen LogP contribution is -2.19. The van der Waals surface area contributed by atoms with E-state index in [4.69, 9.17) is 0 Å². The molecule has 3 aromatic carbocycles. The van der Waals surface area contributed by atoms with Gasteiger partial charge in [-0.2, -0.15) is 0 Å². The molecule has 4 rings (SSSR count). The Bertz CT molecular complexity index is 805. The second-order valence-electron chi connectivity index (χ2n) is 5.74. The first kappa shape index (κ1) is 13.1. The van der Waals surface area contributed by atoms with Crippen molar-refractivity contribution >= 4 is 17.1 Å². The standard InChI is InChI=1S/C21H19N/c1-2-16-10-8-14-21-19(16)15-17-9-6-7-13-20(17)22(21)18-11-4-3-5-12-18/h3-14H,2,15H2,1H3. The number of aryl methyl sites for hydroxylation is 1. The highest BCUT2D eigenvalue weighted by atomic mass is 15.2. The molecule has 108 valence electrons. The first-order valence-corrected chi connectivity index (χ1v) is 7.92. The van der Waals surface area contributed by atoms with Crippen molar-refractivity contribution in [3.8, 4) is 0 Å². The minimum Gasteiger partial charge on any atom is -0.310 e. The summed E-state index contributed by atoms with van der Waals surface area (Å²) in [7, 11) is 0. The monoisotopic (exact) mass is 285 g/mol. The maximum atomic E-state index is 2.40. The minimum absolute atomic E-state index is 1.03. The molecule has 1 heteroatoms. The third-order valence-electron chi connectivity index (χ3n) is 4.48. The Morgan fingerprint density at radius 2 is 1.50 bits per heavy atom. The lowest BCUT2D eigenvalue weighted by Gasteiger charge is -2.34. The maximum absolute atomic E-state index is 2.40. The van der Waals surface area contributed by atoms with Crippen LogP contribution in [-0.2, 0) is 12.8 Å². The predicted octanol–water partition coefficient (Wildman–Crippen LogP) is 5.62. The number of para-hydroxylation sites is 2. The summed E-state index contributed by atoms with van der Waals surface area (Å²) in [6.07, 6.45) is 2.10. The van der Waals surface area contributed by atoms with Gasteiger partial charge in [-0.1, -0.05) is 55.5 Å². The molecule has 1 nitrogen and oxygen atoms in total. The zero-order valence-corrected chi connectivity index (χ0v) is 12.8. The first-order chi connectivity index (χ1) is 10.9. The fourth-order valence-corrected chi connectivity index (χ4v) is 3.42. The normalized spacial score (nSPS) is 12.7. The molecule has 0 saturated carbocycles. The van der Waals surface area contributed by atoms with E-state index in [9.17, 15) is 0 Å². The molecule has 1 aliphatic heterocycles. The quantitative estimate of drug-likeness (QED) is 0.462. The van der Waals surface area contributed by atoms with Crippen LogP contribution in [0.4, 0.5) is 17.1 Å². The Morgan fingerprint density at radius 3 is 2.32 bits per heavy atom. The summed E-state index contributed by atoms with van der Waals surface area (Å²) < 4.78 is 0. The smallest absolute Gasteiger partial charge is 0.0499 e. The van der Waals surface area contributed by atoms with Crippen molar-refractivity contribution < 1.29 is 0 Å². The van der Waals surface area contributed by atoms with Gasteiger partial charge < -0.3 is 4.90 Å². The summed E-state index contributed by atoms with van der Waals surface area (Å²) in [6.45, 7) is 2.24. The van der Waals surface area contributed by atoms with Crippen LogP contribution < -0.4 is 4.90 Å². The fourth-order valence-electron chi connectivity index (χ4n) is 3.42. The number of rotatable bonds is 2. The SMILES string of the molecule is CCc1cccc2c1Cc1ccccc1N2c1ccccc1. The molecular weight excluding hydrogens is 266 g/mol. The van der Waals surface area contributed by atoms with Crippen LogP contribution in [0.15, 0.2) is 72.8 Å². The van der Waals surface area contributed by atoms with Crippen LogP contribution in [0.3, 0.4) is 0 Å². The molecule has 0 saturated heterocycles. The van der Waals surface area contributed by atoms with Crippen LogP contribution in [0, 0.1) is 0 Å². The highest BCUT2D eigenvalue weighted by Crippen LogP contribution is 2.44. The van der Waals surface area contributed by atoms with Crippen LogP contribution in [0.25, 0.3) is 0 Å². The molecule has 0 radical (unpaired) electrons. The molecule has 1 aliphatic rings. The number of hydrogen-bond donors (Lipinski definition) is 0. The van der Waals surface area contributed by atoms with Crippen molar-refractivity contribution in [3.63, 3.8) is 0 Å². The topological polar surface area (TPSA) is 3.24 Å². The van der Waals surface area contributed by atoms with Gasteiger partial charge in [0.2, 0.25) is 0 Å². The van der Waals surface area contributed by atoms with Crippen molar-refractivity contribution in [2.75, 3.05) is 4.90 Å². The largest absolute Gasteiger partial charge is 0.310 e. The highest BCUT2D eigenvalue weighted by molar-refractivity contribution is 5.84. The summed E-state index contributed by atoms with van der Waals surface area (Å²) >= 11 is 0. The fraction of sp³-hybridized carbons (Fsp3) is 0.143. The van der Waals surface area contributed by atoms with Crippen LogP contribution in [0.1, 0.15) is 23.6 Å². The zero-order chi connectivity index (χ0) is 14.9. The van der Waals surface area contributed by atoms with E-state index in [1.54, 1.807) is 0 Å². The van der Waals surface area contributed by atoms with Gasteiger partial charge in [0, 0.05) is 23.5 Å². The number of fused-ring (bicyclic) bond motifs is 2. The number of hydrogen-bond acceptors (Lipinski definition) is 1. The van der Waals surface area contributed by atoms with Crippen LogP contribution in [-0.4, -0.2) is 0 Å². The molecule has 1 heterocycles. The lowest BCUT2D eigenvalue weighted by atomic mass is 9.90. The van der Waals surface area contributed by atoms with Gasteiger partial charge >= 0.3 is 0 Å². The van der Waals surface area contributed by atoms with E-state index in [-0.39, 0.29) is 0 Å². The minimum atomic E-state index is 1.03. The van der Waals surface area contributed by atoms with Gasteiger partial charge in [0.25, 0.3) is 0 Å². The molecule has 0 unspecified atom stereocenters. The van der Waals surface area contributed by atoms with Crippen molar-refractivity contribution in [3.05, 3.63) is 89.5 Å². The number of anilines is 3. The summed E-state index contributed by atoms with van der Waals surface area (Å²) in [4.78, 5) is 2.40. The Morgan fingerprint density at radius 1 is 0.773 bits per heavy atom. The Hall–Kier alpha value is -2.54. The van der Waals surface area contributed by atoms with Gasteiger partial charge in [0.05, 0.1) is 0 Å². The Balaban J connectivity index is 1.98. The van der Waals surface area contributed by atoms with Crippen LogP contribution in [0.2, 0.25) is 0 Å². The molecule has 0 N–H and O–H groups in total. The first-order valence-electron chi connectivity index (χ1n) is 7.92. The second-order valence-corrected chi connectivity index (χ2v) is 5.74. The van der Waals surface area contributed by atoms with Crippen molar-refractivity contribution in [1.82, 2.24) is 0 Å². The zero-order valence-electron chi connectivity index (χ0n) is 12.8. The molecule has 0 aromatic heterocycles. The average molecular weight is 285 g/mol. The molecular formula is C21H19N. The molecule has 0 atom stereocenters. The van der Waals surface area contributed by atoms with E-state index in [2.05, 4.69) is 84.6 Å². The van der Waals surface area contributed by atoms with Gasteiger partial charge in [-0.15, -0.1) is 0 Å². The van der Waals surface area contributed by atoms with Crippen LogP contribution >= 0.6 is 0 Å². The Labute approximate surface area is 131 Å². The van der Waals surface area contributed by atoms with Crippen molar-refractivity contribution in [1.29, 1.82) is 0 Å². The molecule has 0 aliphatic carbocycles. The molecule has 0 spiro atoms. The van der Waals surface area contributed by atoms with Gasteiger partial charge in [-0.25, -0.2) is 0 Å². The van der Waals surface area contributed by atoms with Gasteiger partial charge in [0.1, 0.15) is 0 Å². The predicted molar refractivity (Wildman–Crippen MR) is 93.3 cm³/mol. The average Bonchev–Trinajstić information content (AvgIpc) is 2.60. The van der Waals surface area contributed by atoms with E-state index >= 15 is 0 Å². The third-order valence-corrected chi connectivity index (χ3v) is 4.48. The molecule has 0 fully saturated rings. The van der Waals surface area contributed by atoms with E-state index in [1.807, 2.05) is 0 Å². The van der Waals surface area contributed by atoms with E-state index in [0.717, 1.165) is 12.8 Å². The molecule has 0 bridgehead atoms. The molecule has 0 amide bonds. The second kappa shape index (κ2) is 5.34. The van der Waals surface area contributed by atoms with Crippen LogP contribution in [0.5, 0.6) is 0 Å². The van der Waals surface area contributed by atoms with Gasteiger partial charge in [-0.3, -0.25) is 0 Å². The van der Waals surface area contributed by atoms with Gasteiger partial charge in [-0.05, 0) is 47.4 Å². The Kier molecular flexibility index (Phi) is 3.19. The molecule has 22 heavy (non-hydrogen) atoms. The third kappa shape index (κ3) is 2.01.